The summed E-state index contributed by atoms with van der Waals surface area (Å²) in [6.45, 7) is 3.90. The van der Waals surface area contributed by atoms with Crippen molar-refractivity contribution in [2.45, 2.75) is 24.7 Å². The van der Waals surface area contributed by atoms with Gasteiger partial charge in [0.2, 0.25) is 0 Å². The van der Waals surface area contributed by atoms with Crippen LogP contribution in [0.15, 0.2) is 54.9 Å². The summed E-state index contributed by atoms with van der Waals surface area (Å²) in [5, 5.41) is 29.3. The van der Waals surface area contributed by atoms with Gasteiger partial charge in [0.25, 0.3) is 0 Å². The van der Waals surface area contributed by atoms with Gasteiger partial charge in [-0.1, -0.05) is 24.3 Å². The van der Waals surface area contributed by atoms with Crippen LogP contribution in [0.1, 0.15) is 6.42 Å². The van der Waals surface area contributed by atoms with Crippen molar-refractivity contribution in [1.29, 1.82) is 0 Å². The van der Waals surface area contributed by atoms with Gasteiger partial charge in [0.15, 0.2) is 5.65 Å². The molecule has 3 aromatic heterocycles. The van der Waals surface area contributed by atoms with E-state index in [-0.39, 0.29) is 12.0 Å². The van der Waals surface area contributed by atoms with Crippen LogP contribution in [0.25, 0.3) is 27.8 Å². The van der Waals surface area contributed by atoms with Gasteiger partial charge in [-0.2, -0.15) is 9.61 Å². The third-order valence-electron chi connectivity index (χ3n) is 5.40. The van der Waals surface area contributed by atoms with Crippen molar-refractivity contribution >= 4 is 22.4 Å². The molecule has 0 unspecified atom stereocenters. The summed E-state index contributed by atoms with van der Waals surface area (Å²) in [6, 6.07) is 13.4. The molecule has 7 heteroatoms. The van der Waals surface area contributed by atoms with Crippen molar-refractivity contribution in [2.75, 3.05) is 5.32 Å². The molecule has 1 saturated carbocycles. The Kier molecular flexibility index (Phi) is 3.99. The summed E-state index contributed by atoms with van der Waals surface area (Å²) in [5.41, 5.74) is 3.28. The Morgan fingerprint density at radius 2 is 1.89 bits per heavy atom. The number of aliphatic hydroxyl groups is 2. The second kappa shape index (κ2) is 6.54. The summed E-state index contributed by atoms with van der Waals surface area (Å²) < 4.78 is 1.71. The molecule has 0 saturated heterocycles. The number of pyridine rings is 1. The third kappa shape index (κ3) is 2.71. The number of hydrogen-bond acceptors (Lipinski definition) is 6. The first-order chi connectivity index (χ1) is 13.6. The number of aliphatic hydroxyl groups excluding tert-OH is 2. The number of para-hydroxylation sites is 1. The number of fused-ring (bicyclic) bond motifs is 2. The summed E-state index contributed by atoms with van der Waals surface area (Å²) in [4.78, 5) is 8.91. The number of hydrogen-bond donors (Lipinski definition) is 3. The zero-order valence-corrected chi connectivity index (χ0v) is 15.1. The maximum atomic E-state index is 10.3. The molecule has 141 valence electrons. The van der Waals surface area contributed by atoms with Crippen LogP contribution in [0, 0.1) is 12.8 Å². The van der Waals surface area contributed by atoms with Crippen LogP contribution in [0.2, 0.25) is 0 Å². The number of rotatable bonds is 3. The van der Waals surface area contributed by atoms with Crippen molar-refractivity contribution in [3.8, 4) is 11.3 Å². The SMILES string of the molecule is [CH2][C@@H]1C[C@@H](Nc2ccnc3cc(-c4cccc5cccnc45)nn23)[C@H](O)[C@@H]1O. The van der Waals surface area contributed by atoms with E-state index in [0.717, 1.165) is 22.2 Å². The minimum atomic E-state index is -0.872. The first-order valence-electron chi connectivity index (χ1n) is 9.26. The minimum absolute atomic E-state index is 0.209. The van der Waals surface area contributed by atoms with Crippen molar-refractivity contribution in [2.24, 2.45) is 5.92 Å². The Balaban J connectivity index is 1.56. The molecule has 1 aromatic carbocycles. The normalized spacial score (nSPS) is 24.8. The van der Waals surface area contributed by atoms with Crippen LogP contribution >= 0.6 is 0 Å². The number of benzene rings is 1. The molecule has 3 heterocycles. The number of nitrogens with one attached hydrogen (secondary N) is 1. The quantitative estimate of drug-likeness (QED) is 0.509. The maximum Gasteiger partial charge on any atom is 0.157 e. The Bertz CT molecular complexity index is 1150. The van der Waals surface area contributed by atoms with Gasteiger partial charge in [0.05, 0.1) is 23.4 Å². The first kappa shape index (κ1) is 17.1. The topological polar surface area (TPSA) is 95.6 Å². The van der Waals surface area contributed by atoms with E-state index in [2.05, 4.69) is 22.2 Å². The summed E-state index contributed by atoms with van der Waals surface area (Å²) in [7, 11) is 0. The highest BCUT2D eigenvalue weighted by Crippen LogP contribution is 2.30. The minimum Gasteiger partial charge on any atom is -0.390 e. The molecule has 0 spiro atoms. The molecule has 0 bridgehead atoms. The standard InChI is InChI=1S/C21H20N5O2/c1-12-10-16(21(28)20(12)27)24-17-7-9-22-18-11-15(25-26(17)18)14-6-2-4-13-5-3-8-23-19(13)14/h2-9,11-12,16,20-21,24,27-28H,1,10H2/t12-,16-,20-,21+/m1/s1. The molecule has 1 fully saturated rings. The molecule has 4 aromatic rings. The summed E-state index contributed by atoms with van der Waals surface area (Å²) >= 11 is 0. The average molecular weight is 374 g/mol. The van der Waals surface area contributed by atoms with Gasteiger partial charge < -0.3 is 15.5 Å². The fraction of sp³-hybridized carbons (Fsp3) is 0.238. The van der Waals surface area contributed by atoms with E-state index in [4.69, 9.17) is 5.10 Å². The lowest BCUT2D eigenvalue weighted by Crippen LogP contribution is -2.35. The van der Waals surface area contributed by atoms with Gasteiger partial charge in [-0.15, -0.1) is 0 Å². The first-order valence-corrected chi connectivity index (χ1v) is 9.26. The van der Waals surface area contributed by atoms with Gasteiger partial charge in [-0.25, -0.2) is 4.98 Å². The monoisotopic (exact) mass is 374 g/mol. The summed E-state index contributed by atoms with van der Waals surface area (Å²) in [5.74, 6) is 0.495. The van der Waals surface area contributed by atoms with Crippen LogP contribution in [0.5, 0.6) is 0 Å². The van der Waals surface area contributed by atoms with E-state index in [1.54, 1.807) is 23.0 Å². The predicted molar refractivity (Wildman–Crippen MR) is 107 cm³/mol. The molecule has 5 rings (SSSR count). The van der Waals surface area contributed by atoms with Gasteiger partial charge in [-0.05, 0) is 31.4 Å². The molecule has 28 heavy (non-hydrogen) atoms. The molecule has 4 atom stereocenters. The second-order valence-corrected chi connectivity index (χ2v) is 7.24. The van der Waals surface area contributed by atoms with E-state index < -0.39 is 12.2 Å². The third-order valence-corrected chi connectivity index (χ3v) is 5.40. The highest BCUT2D eigenvalue weighted by atomic mass is 16.3. The molecule has 0 amide bonds. The molecule has 3 N–H and O–H groups in total. The Morgan fingerprint density at radius 1 is 1.04 bits per heavy atom. The molecular weight excluding hydrogens is 354 g/mol. The van der Waals surface area contributed by atoms with Crippen molar-refractivity contribution in [3.05, 3.63) is 61.8 Å². The molecule has 1 radical (unpaired) electrons. The average Bonchev–Trinajstić information content (AvgIpc) is 3.25. The molecule has 1 aliphatic carbocycles. The van der Waals surface area contributed by atoms with Crippen LogP contribution in [-0.2, 0) is 0 Å². The number of aromatic nitrogens is 4. The lowest BCUT2D eigenvalue weighted by molar-refractivity contribution is 0.0256. The van der Waals surface area contributed by atoms with Crippen molar-refractivity contribution in [3.63, 3.8) is 0 Å². The number of anilines is 1. The zero-order chi connectivity index (χ0) is 19.3. The molecule has 1 aliphatic rings. The van der Waals surface area contributed by atoms with E-state index in [0.29, 0.717) is 17.9 Å². The molecular formula is C21H20N5O2. The van der Waals surface area contributed by atoms with Gasteiger partial charge in [0, 0.05) is 29.4 Å². The van der Waals surface area contributed by atoms with Crippen molar-refractivity contribution < 1.29 is 10.2 Å². The number of nitrogens with zero attached hydrogens (tertiary/aromatic N) is 4. The van der Waals surface area contributed by atoms with Gasteiger partial charge >= 0.3 is 0 Å². The van der Waals surface area contributed by atoms with Crippen molar-refractivity contribution in [1.82, 2.24) is 19.6 Å². The lowest BCUT2D eigenvalue weighted by Gasteiger charge is -2.19. The van der Waals surface area contributed by atoms with E-state index in [1.807, 2.05) is 36.4 Å². The smallest absolute Gasteiger partial charge is 0.157 e. The van der Waals surface area contributed by atoms with Gasteiger partial charge in [0.1, 0.15) is 11.9 Å². The molecule has 0 aliphatic heterocycles. The van der Waals surface area contributed by atoms with Gasteiger partial charge in [-0.3, -0.25) is 4.98 Å². The molecule has 7 nitrogen and oxygen atoms in total. The maximum absolute atomic E-state index is 10.3. The van der Waals surface area contributed by atoms with E-state index >= 15 is 0 Å². The lowest BCUT2D eigenvalue weighted by atomic mass is 10.1. The zero-order valence-electron chi connectivity index (χ0n) is 15.1. The highest BCUT2D eigenvalue weighted by Gasteiger charge is 2.39. The fourth-order valence-electron chi connectivity index (χ4n) is 3.90. The Morgan fingerprint density at radius 3 is 2.71 bits per heavy atom. The predicted octanol–water partition coefficient (Wildman–Crippen LogP) is 2.30. The Hall–Kier alpha value is -3.03. The fourth-order valence-corrected chi connectivity index (χ4v) is 3.90. The Labute approximate surface area is 161 Å². The van der Waals surface area contributed by atoms with Crippen LogP contribution in [-0.4, -0.2) is 48.0 Å². The van der Waals surface area contributed by atoms with E-state index in [9.17, 15) is 10.2 Å². The van der Waals surface area contributed by atoms with E-state index in [1.165, 1.54) is 0 Å². The second-order valence-electron chi connectivity index (χ2n) is 7.24. The van der Waals surface area contributed by atoms with Crippen LogP contribution in [0.3, 0.4) is 0 Å². The summed E-state index contributed by atoms with van der Waals surface area (Å²) in [6.07, 6.45) is 2.35. The van der Waals surface area contributed by atoms with Crippen LogP contribution < -0.4 is 5.32 Å². The largest absolute Gasteiger partial charge is 0.390 e. The highest BCUT2D eigenvalue weighted by molar-refractivity contribution is 5.93. The van der Waals surface area contributed by atoms with Crippen LogP contribution in [0.4, 0.5) is 5.82 Å².